The summed E-state index contributed by atoms with van der Waals surface area (Å²) in [5, 5.41) is 2.04. The summed E-state index contributed by atoms with van der Waals surface area (Å²) in [6.45, 7) is 12.4. The Labute approximate surface area is 217 Å². The molecule has 190 valence electrons. The number of ketones is 1. The van der Waals surface area contributed by atoms with Gasteiger partial charge in [-0.15, -0.1) is 0 Å². The van der Waals surface area contributed by atoms with E-state index < -0.39 is 11.7 Å². The molecular weight excluding hydrogens is 462 g/mol. The molecule has 1 atom stereocenters. The Morgan fingerprint density at radius 1 is 1.14 bits per heavy atom. The lowest BCUT2D eigenvalue weighted by Gasteiger charge is -2.32. The standard InChI is InChI=1S/C31H33N3O3/c1-18-17-23-21(8-10-25(33-23)34-14-6-15-34)28(26(18)30(19(2)35)37-31(3,4)5)22-7-9-24-27-20(12-16-36-24)11-13-32-29(22)27/h7-11,13,17,30H,6,12,14-16H2,1-5H3/t30-/m1/s1. The molecule has 2 aliphatic heterocycles. The van der Waals surface area contributed by atoms with E-state index in [1.165, 1.54) is 12.0 Å². The van der Waals surface area contributed by atoms with Gasteiger partial charge in [-0.3, -0.25) is 9.78 Å². The van der Waals surface area contributed by atoms with E-state index in [1.807, 2.05) is 33.0 Å². The minimum Gasteiger partial charge on any atom is -0.493 e. The van der Waals surface area contributed by atoms with Crippen LogP contribution in [0.4, 0.5) is 5.82 Å². The summed E-state index contributed by atoms with van der Waals surface area (Å²) in [6.07, 6.45) is 3.21. The SMILES string of the molecule is CC(=O)[C@@H](OC(C)(C)C)c1c(C)cc2nc(N3CCC3)ccc2c1-c1ccc2c3c(ccnc13)CCO2. The molecule has 2 aliphatic rings. The highest BCUT2D eigenvalue weighted by molar-refractivity contribution is 6.08. The number of pyridine rings is 2. The fourth-order valence-corrected chi connectivity index (χ4v) is 5.56. The van der Waals surface area contributed by atoms with E-state index in [4.69, 9.17) is 19.4 Å². The third-order valence-electron chi connectivity index (χ3n) is 7.35. The summed E-state index contributed by atoms with van der Waals surface area (Å²) < 4.78 is 12.4. The van der Waals surface area contributed by atoms with Crippen molar-refractivity contribution >= 4 is 33.4 Å². The zero-order chi connectivity index (χ0) is 25.9. The van der Waals surface area contributed by atoms with Crippen LogP contribution in [0.15, 0.2) is 42.6 Å². The molecule has 0 N–H and O–H groups in total. The van der Waals surface area contributed by atoms with Gasteiger partial charge in [0.05, 0.1) is 23.2 Å². The fraction of sp³-hybridized carbons (Fsp3) is 0.387. The van der Waals surface area contributed by atoms with Gasteiger partial charge in [-0.25, -0.2) is 4.98 Å². The number of carbonyl (C=O) groups is 1. The number of aromatic nitrogens is 2. The first-order valence-electron chi connectivity index (χ1n) is 13.1. The first kappa shape index (κ1) is 23.9. The summed E-state index contributed by atoms with van der Waals surface area (Å²) in [5.74, 6) is 1.83. The molecule has 6 nitrogen and oxygen atoms in total. The van der Waals surface area contributed by atoms with E-state index in [-0.39, 0.29) is 5.78 Å². The molecule has 2 aromatic carbocycles. The minimum atomic E-state index is -0.712. The molecule has 6 rings (SSSR count). The number of benzene rings is 2. The highest BCUT2D eigenvalue weighted by Crippen LogP contribution is 2.45. The molecule has 0 amide bonds. The van der Waals surface area contributed by atoms with Crippen molar-refractivity contribution in [2.75, 3.05) is 24.6 Å². The van der Waals surface area contributed by atoms with Crippen molar-refractivity contribution in [3.05, 3.63) is 59.3 Å². The van der Waals surface area contributed by atoms with Crippen LogP contribution < -0.4 is 9.64 Å². The highest BCUT2D eigenvalue weighted by Gasteiger charge is 2.31. The predicted octanol–water partition coefficient (Wildman–Crippen LogP) is 6.35. The van der Waals surface area contributed by atoms with Gasteiger partial charge in [0.25, 0.3) is 0 Å². The largest absolute Gasteiger partial charge is 0.493 e. The lowest BCUT2D eigenvalue weighted by atomic mass is 9.85. The predicted molar refractivity (Wildman–Crippen MR) is 148 cm³/mol. The van der Waals surface area contributed by atoms with E-state index in [0.29, 0.717) is 6.61 Å². The molecule has 6 heteroatoms. The summed E-state index contributed by atoms with van der Waals surface area (Å²) in [7, 11) is 0. The number of Topliss-reactive ketones (excluding diaryl/α,β-unsaturated/α-hetero) is 1. The van der Waals surface area contributed by atoms with Crippen molar-refractivity contribution in [1.82, 2.24) is 9.97 Å². The van der Waals surface area contributed by atoms with Crippen LogP contribution in [0.25, 0.3) is 32.9 Å². The Hall–Kier alpha value is -3.51. The monoisotopic (exact) mass is 495 g/mol. The normalized spacial score (nSPS) is 16.0. The van der Waals surface area contributed by atoms with Crippen LogP contribution in [0, 0.1) is 6.92 Å². The lowest BCUT2D eigenvalue weighted by molar-refractivity contribution is -0.138. The number of ether oxygens (including phenoxy) is 2. The van der Waals surface area contributed by atoms with Gasteiger partial charge in [0, 0.05) is 42.0 Å². The van der Waals surface area contributed by atoms with Crippen LogP contribution in [0.2, 0.25) is 0 Å². The average molecular weight is 496 g/mol. The first-order chi connectivity index (χ1) is 17.7. The average Bonchev–Trinajstić information content (AvgIpc) is 2.81. The van der Waals surface area contributed by atoms with Gasteiger partial charge in [0.15, 0.2) is 5.78 Å². The van der Waals surface area contributed by atoms with Crippen LogP contribution in [0.3, 0.4) is 0 Å². The molecular formula is C31H33N3O3. The van der Waals surface area contributed by atoms with Gasteiger partial charge in [0.2, 0.25) is 0 Å². The molecule has 2 aromatic heterocycles. The smallest absolute Gasteiger partial charge is 0.163 e. The molecule has 1 saturated heterocycles. The number of aryl methyl sites for hydroxylation is 1. The van der Waals surface area contributed by atoms with Gasteiger partial charge < -0.3 is 14.4 Å². The van der Waals surface area contributed by atoms with E-state index in [2.05, 4.69) is 42.2 Å². The molecule has 0 aliphatic carbocycles. The zero-order valence-corrected chi connectivity index (χ0v) is 22.2. The molecule has 0 unspecified atom stereocenters. The van der Waals surface area contributed by atoms with E-state index >= 15 is 0 Å². The van der Waals surface area contributed by atoms with Gasteiger partial charge in [-0.1, -0.05) is 0 Å². The van der Waals surface area contributed by atoms with Crippen LogP contribution in [-0.4, -0.2) is 41.0 Å². The molecule has 1 fully saturated rings. The quantitative estimate of drug-likeness (QED) is 0.322. The van der Waals surface area contributed by atoms with Crippen molar-refractivity contribution < 1.29 is 14.3 Å². The van der Waals surface area contributed by atoms with Crippen LogP contribution >= 0.6 is 0 Å². The molecule has 0 radical (unpaired) electrons. The van der Waals surface area contributed by atoms with Gasteiger partial charge in [-0.2, -0.15) is 0 Å². The zero-order valence-electron chi connectivity index (χ0n) is 22.2. The maximum absolute atomic E-state index is 13.1. The maximum Gasteiger partial charge on any atom is 0.163 e. The lowest BCUT2D eigenvalue weighted by Crippen LogP contribution is -2.37. The fourth-order valence-electron chi connectivity index (χ4n) is 5.56. The Morgan fingerprint density at radius 2 is 1.95 bits per heavy atom. The van der Waals surface area contributed by atoms with Crippen molar-refractivity contribution in [2.45, 2.75) is 59.2 Å². The third-order valence-corrected chi connectivity index (χ3v) is 7.35. The summed E-state index contributed by atoms with van der Waals surface area (Å²) >= 11 is 0. The topological polar surface area (TPSA) is 64.5 Å². The second-order valence-corrected chi connectivity index (χ2v) is 11.2. The van der Waals surface area contributed by atoms with Gasteiger partial charge >= 0.3 is 0 Å². The van der Waals surface area contributed by atoms with Crippen molar-refractivity contribution in [3.63, 3.8) is 0 Å². The Balaban J connectivity index is 1.69. The van der Waals surface area contributed by atoms with Gasteiger partial charge in [-0.05, 0) is 99.7 Å². The molecule has 37 heavy (non-hydrogen) atoms. The molecule has 4 aromatic rings. The number of nitrogens with zero attached hydrogens (tertiary/aromatic N) is 3. The number of hydrogen-bond donors (Lipinski definition) is 0. The van der Waals surface area contributed by atoms with E-state index in [1.54, 1.807) is 6.92 Å². The van der Waals surface area contributed by atoms with Crippen LogP contribution in [-0.2, 0) is 16.0 Å². The van der Waals surface area contributed by atoms with Crippen molar-refractivity contribution in [1.29, 1.82) is 0 Å². The van der Waals surface area contributed by atoms with E-state index in [0.717, 1.165) is 75.1 Å². The Morgan fingerprint density at radius 3 is 2.65 bits per heavy atom. The molecule has 0 bridgehead atoms. The van der Waals surface area contributed by atoms with Crippen LogP contribution in [0.5, 0.6) is 5.75 Å². The van der Waals surface area contributed by atoms with Gasteiger partial charge in [0.1, 0.15) is 17.7 Å². The van der Waals surface area contributed by atoms with E-state index in [9.17, 15) is 4.79 Å². The molecule has 0 saturated carbocycles. The van der Waals surface area contributed by atoms with Crippen molar-refractivity contribution in [2.24, 2.45) is 0 Å². The number of hydrogen-bond acceptors (Lipinski definition) is 6. The summed E-state index contributed by atoms with van der Waals surface area (Å²) in [4.78, 5) is 25.3. The number of carbonyl (C=O) groups excluding carboxylic acids is 1. The summed E-state index contributed by atoms with van der Waals surface area (Å²) in [6, 6.07) is 12.5. The summed E-state index contributed by atoms with van der Waals surface area (Å²) in [5.41, 5.74) is 6.33. The number of rotatable bonds is 5. The second kappa shape index (κ2) is 8.80. The third kappa shape index (κ3) is 4.13. The minimum absolute atomic E-state index is 0.0252. The number of anilines is 1. The Bertz CT molecular complexity index is 1540. The van der Waals surface area contributed by atoms with Crippen molar-refractivity contribution in [3.8, 4) is 16.9 Å². The maximum atomic E-state index is 13.1. The molecule has 4 heterocycles. The van der Waals surface area contributed by atoms with Crippen LogP contribution in [0.1, 0.15) is 56.9 Å². The molecule has 0 spiro atoms. The Kier molecular flexibility index (Phi) is 5.68. The number of fused-ring (bicyclic) bond motifs is 1. The second-order valence-electron chi connectivity index (χ2n) is 11.2. The first-order valence-corrected chi connectivity index (χ1v) is 13.1. The highest BCUT2D eigenvalue weighted by atomic mass is 16.5.